The number of H-pyrrole nitrogens is 2. The van der Waals surface area contributed by atoms with Gasteiger partial charge in [0.2, 0.25) is 0 Å². The van der Waals surface area contributed by atoms with Gasteiger partial charge < -0.3 is 4.42 Å². The minimum absolute atomic E-state index is 0.456. The van der Waals surface area contributed by atoms with E-state index in [4.69, 9.17) is 4.42 Å². The molecule has 0 saturated carbocycles. The number of benzene rings is 1. The van der Waals surface area contributed by atoms with Crippen molar-refractivity contribution < 1.29 is 4.42 Å². The number of oxazole rings is 1. The molecule has 64 valence electrons. The van der Waals surface area contributed by atoms with E-state index in [1.165, 1.54) is 0 Å². The molecule has 0 aliphatic rings. The number of fused-ring (bicyclic) bond motifs is 2. The Morgan fingerprint density at radius 2 is 2.23 bits per heavy atom. The number of rotatable bonds is 0. The molecular weight excluding hydrogens is 172 g/mol. The summed E-state index contributed by atoms with van der Waals surface area (Å²) in [5.74, 6) is -0.577. The number of aromatic amines is 2. The van der Waals surface area contributed by atoms with Crippen LogP contribution in [0.4, 0.5) is 0 Å². The van der Waals surface area contributed by atoms with Gasteiger partial charge in [-0.3, -0.25) is 5.10 Å². The zero-order valence-corrected chi connectivity index (χ0v) is 6.37. The van der Waals surface area contributed by atoms with Crippen molar-refractivity contribution in [1.82, 2.24) is 20.4 Å². The second kappa shape index (κ2) is 1.98. The molecule has 0 fully saturated rings. The summed E-state index contributed by atoms with van der Waals surface area (Å²) in [7, 11) is 0. The third kappa shape index (κ3) is 0.792. The largest absolute Gasteiger partial charge is 0.439 e. The zero-order chi connectivity index (χ0) is 8.84. The average molecular weight is 176 g/mol. The number of aromatic nitrogens is 4. The van der Waals surface area contributed by atoms with E-state index in [1.807, 2.05) is 0 Å². The molecule has 3 aromatic rings. The molecule has 2 aromatic heterocycles. The number of hydrogen-bond donors (Lipinski definition) is 2. The molecule has 1 aromatic carbocycles. The van der Waals surface area contributed by atoms with Crippen LogP contribution >= 0.6 is 0 Å². The average Bonchev–Trinajstić information content (AvgIpc) is 2.63. The van der Waals surface area contributed by atoms with Crippen LogP contribution in [-0.2, 0) is 0 Å². The van der Waals surface area contributed by atoms with E-state index in [2.05, 4.69) is 20.4 Å². The molecule has 2 N–H and O–H groups in total. The maximum Gasteiger partial charge on any atom is 0.439 e. The molecule has 0 bridgehead atoms. The lowest BCUT2D eigenvalue weighted by Gasteiger charge is -1.84. The molecule has 0 saturated heterocycles. The topological polar surface area (TPSA) is 87.6 Å². The fraction of sp³-hybridized carbons (Fsp3) is 0. The summed E-state index contributed by atoms with van der Waals surface area (Å²) in [6, 6.07) is 3.37. The highest BCUT2D eigenvalue weighted by molar-refractivity contribution is 5.89. The summed E-state index contributed by atoms with van der Waals surface area (Å²) >= 11 is 0. The summed E-state index contributed by atoms with van der Waals surface area (Å²) in [5.41, 5.74) is 2.50. The van der Waals surface area contributed by atoms with E-state index in [-0.39, 0.29) is 0 Å². The molecule has 0 amide bonds. The predicted octanol–water partition coefficient (Wildman–Crippen LogP) is 0.392. The van der Waals surface area contributed by atoms with E-state index >= 15 is 0 Å². The minimum Gasteiger partial charge on any atom is -0.406 e. The first-order valence-electron chi connectivity index (χ1n) is 3.66. The first kappa shape index (κ1) is 6.41. The molecule has 3 rings (SSSR count). The second-order valence-corrected chi connectivity index (χ2v) is 2.67. The van der Waals surface area contributed by atoms with E-state index in [0.29, 0.717) is 16.6 Å². The molecule has 13 heavy (non-hydrogen) atoms. The van der Waals surface area contributed by atoms with Crippen LogP contribution in [0.5, 0.6) is 0 Å². The van der Waals surface area contributed by atoms with Crippen molar-refractivity contribution in [2.45, 2.75) is 0 Å². The second-order valence-electron chi connectivity index (χ2n) is 2.67. The molecule has 0 aliphatic heterocycles. The van der Waals surface area contributed by atoms with Gasteiger partial charge in [-0.25, -0.2) is 10.0 Å². The zero-order valence-electron chi connectivity index (χ0n) is 6.37. The molecule has 0 radical (unpaired) electrons. The maximum atomic E-state index is 10.8. The lowest BCUT2D eigenvalue weighted by Crippen LogP contribution is -1.92. The van der Waals surface area contributed by atoms with Gasteiger partial charge in [0.25, 0.3) is 0 Å². The van der Waals surface area contributed by atoms with Gasteiger partial charge in [0.1, 0.15) is 11.0 Å². The molecule has 6 nitrogen and oxygen atoms in total. The van der Waals surface area contributed by atoms with Crippen molar-refractivity contribution in [3.63, 3.8) is 0 Å². The first-order valence-corrected chi connectivity index (χ1v) is 3.66. The Kier molecular flexibility index (Phi) is 0.974. The van der Waals surface area contributed by atoms with E-state index < -0.39 is 5.76 Å². The molecule has 0 aliphatic carbocycles. The summed E-state index contributed by atoms with van der Waals surface area (Å²) in [4.78, 5) is 14.4. The molecular formula is C7H4N4O2. The third-order valence-corrected chi connectivity index (χ3v) is 1.85. The summed E-state index contributed by atoms with van der Waals surface area (Å²) in [6.07, 6.45) is 0. The highest BCUT2D eigenvalue weighted by atomic mass is 16.4. The van der Waals surface area contributed by atoms with Crippen LogP contribution in [0, 0.1) is 0 Å². The van der Waals surface area contributed by atoms with Crippen LogP contribution in [0.15, 0.2) is 21.3 Å². The maximum absolute atomic E-state index is 10.8. The Bertz CT molecular complexity index is 581. The van der Waals surface area contributed by atoms with Gasteiger partial charge in [-0.05, 0) is 6.07 Å². The summed E-state index contributed by atoms with van der Waals surface area (Å²) in [6.45, 7) is 0. The number of hydrogen-bond acceptors (Lipinski definition) is 4. The Morgan fingerprint density at radius 3 is 3.15 bits per heavy atom. The quantitative estimate of drug-likeness (QED) is 0.518. The van der Waals surface area contributed by atoms with Gasteiger partial charge in [0.05, 0.1) is 5.52 Å². The van der Waals surface area contributed by atoms with Crippen LogP contribution in [0.1, 0.15) is 0 Å². The Hall–Kier alpha value is -2.11. The van der Waals surface area contributed by atoms with E-state index in [1.54, 1.807) is 12.1 Å². The first-order chi connectivity index (χ1) is 6.33. The Labute approximate surface area is 70.6 Å². The van der Waals surface area contributed by atoms with Crippen molar-refractivity contribution >= 4 is 22.1 Å². The normalized spacial score (nSPS) is 11.4. The molecule has 0 unspecified atom stereocenters. The van der Waals surface area contributed by atoms with Crippen LogP contribution in [0.25, 0.3) is 22.1 Å². The van der Waals surface area contributed by atoms with Crippen LogP contribution in [0.3, 0.4) is 0 Å². The standard InChI is InChI=1S/C7H4N4O2/c12-7-8-5-1-3-4(10-11-9-3)2-6(5)13-7/h1-2,9,11H. The monoisotopic (exact) mass is 176 g/mol. The van der Waals surface area contributed by atoms with Gasteiger partial charge in [0, 0.05) is 6.07 Å². The fourth-order valence-electron chi connectivity index (χ4n) is 1.28. The Balaban J connectivity index is 2.62. The van der Waals surface area contributed by atoms with E-state index in [9.17, 15) is 4.79 Å². The fourth-order valence-corrected chi connectivity index (χ4v) is 1.28. The minimum atomic E-state index is -0.577. The Morgan fingerprint density at radius 1 is 1.31 bits per heavy atom. The molecule has 0 spiro atoms. The van der Waals surface area contributed by atoms with E-state index in [0.717, 1.165) is 5.52 Å². The van der Waals surface area contributed by atoms with Crippen LogP contribution < -0.4 is 5.76 Å². The number of nitrogens with zero attached hydrogens (tertiary/aromatic N) is 2. The van der Waals surface area contributed by atoms with Crippen molar-refractivity contribution in [3.05, 3.63) is 22.7 Å². The van der Waals surface area contributed by atoms with Gasteiger partial charge in [0.15, 0.2) is 5.58 Å². The van der Waals surface area contributed by atoms with Crippen molar-refractivity contribution in [3.8, 4) is 0 Å². The van der Waals surface area contributed by atoms with Gasteiger partial charge in [-0.15, -0.1) is 0 Å². The summed E-state index contributed by atoms with van der Waals surface area (Å²) < 4.78 is 4.81. The van der Waals surface area contributed by atoms with Crippen LogP contribution in [-0.4, -0.2) is 20.4 Å². The highest BCUT2D eigenvalue weighted by Crippen LogP contribution is 2.16. The third-order valence-electron chi connectivity index (χ3n) is 1.85. The lowest BCUT2D eigenvalue weighted by molar-refractivity contribution is 0.555. The summed E-state index contributed by atoms with van der Waals surface area (Å²) in [5, 5.41) is 9.30. The van der Waals surface area contributed by atoms with Crippen molar-refractivity contribution in [1.29, 1.82) is 0 Å². The van der Waals surface area contributed by atoms with Crippen molar-refractivity contribution in [2.75, 3.05) is 0 Å². The lowest BCUT2D eigenvalue weighted by atomic mass is 10.3. The van der Waals surface area contributed by atoms with Gasteiger partial charge in [-0.1, -0.05) is 0 Å². The van der Waals surface area contributed by atoms with Gasteiger partial charge in [-0.2, -0.15) is 10.1 Å². The smallest absolute Gasteiger partial charge is 0.406 e. The number of nitrogens with one attached hydrogen (secondary N) is 2. The highest BCUT2D eigenvalue weighted by Gasteiger charge is 2.05. The van der Waals surface area contributed by atoms with Crippen molar-refractivity contribution in [2.24, 2.45) is 0 Å². The van der Waals surface area contributed by atoms with Gasteiger partial charge >= 0.3 is 5.76 Å². The van der Waals surface area contributed by atoms with Crippen LogP contribution in [0.2, 0.25) is 0 Å². The molecule has 2 heterocycles. The predicted molar refractivity (Wildman–Crippen MR) is 44.3 cm³/mol. The molecule has 6 heteroatoms. The SMILES string of the molecule is O=c1nc2cc3[nH][nH]nc3cc2o1. The molecule has 0 atom stereocenters.